The molecule has 22 heavy (non-hydrogen) atoms. The highest BCUT2D eigenvalue weighted by Gasteiger charge is 2.11. The molecule has 0 saturated carbocycles. The molecule has 1 aromatic heterocycles. The van der Waals surface area contributed by atoms with E-state index in [9.17, 15) is 14.4 Å². The van der Waals surface area contributed by atoms with Crippen LogP contribution < -0.4 is 11.3 Å². The minimum Gasteiger partial charge on any atom is -0.457 e. The third-order valence-electron chi connectivity index (χ3n) is 3.17. The third kappa shape index (κ3) is 3.89. The van der Waals surface area contributed by atoms with Gasteiger partial charge in [-0.25, -0.2) is 4.79 Å². The van der Waals surface area contributed by atoms with Gasteiger partial charge in [0.15, 0.2) is 5.78 Å². The number of rotatable bonds is 5. The van der Waals surface area contributed by atoms with E-state index in [4.69, 9.17) is 10.5 Å². The first-order valence-electron chi connectivity index (χ1n) is 6.68. The normalized spacial score (nSPS) is 11.7. The molecule has 1 unspecified atom stereocenters. The lowest BCUT2D eigenvalue weighted by Gasteiger charge is -2.09. The highest BCUT2D eigenvalue weighted by atomic mass is 16.5. The summed E-state index contributed by atoms with van der Waals surface area (Å²) in [5.41, 5.74) is 7.21. The van der Waals surface area contributed by atoms with E-state index in [0.717, 1.165) is 5.56 Å². The van der Waals surface area contributed by atoms with Crippen molar-refractivity contribution in [2.45, 2.75) is 19.6 Å². The number of aromatic nitrogens is 1. The van der Waals surface area contributed by atoms with E-state index in [1.54, 1.807) is 24.3 Å². The van der Waals surface area contributed by atoms with Crippen molar-refractivity contribution >= 4 is 11.8 Å². The van der Waals surface area contributed by atoms with Gasteiger partial charge in [0.25, 0.3) is 0 Å². The summed E-state index contributed by atoms with van der Waals surface area (Å²) in [6.07, 6.45) is 1.31. The molecular weight excluding hydrogens is 284 g/mol. The number of nitrogens with two attached hydrogens (primary N) is 1. The van der Waals surface area contributed by atoms with Crippen molar-refractivity contribution in [1.29, 1.82) is 0 Å². The number of H-pyrrole nitrogens is 1. The largest absolute Gasteiger partial charge is 0.457 e. The van der Waals surface area contributed by atoms with Crippen LogP contribution in [-0.4, -0.2) is 16.7 Å². The summed E-state index contributed by atoms with van der Waals surface area (Å²) in [5, 5.41) is 0. The first-order chi connectivity index (χ1) is 10.5. The third-order valence-corrected chi connectivity index (χ3v) is 3.17. The first kappa shape index (κ1) is 15.7. The summed E-state index contributed by atoms with van der Waals surface area (Å²) in [5.74, 6) is -0.641. The molecule has 1 heterocycles. The maximum atomic E-state index is 11.8. The lowest BCUT2D eigenvalue weighted by molar-refractivity contribution is -0.118. The van der Waals surface area contributed by atoms with Crippen LogP contribution >= 0.6 is 0 Å². The summed E-state index contributed by atoms with van der Waals surface area (Å²) < 4.78 is 5.14. The predicted octanol–water partition coefficient (Wildman–Crippen LogP) is 1.32. The van der Waals surface area contributed by atoms with Gasteiger partial charge in [-0.15, -0.1) is 0 Å². The smallest absolute Gasteiger partial charge is 0.339 e. The van der Waals surface area contributed by atoms with Gasteiger partial charge in [0.1, 0.15) is 6.61 Å². The van der Waals surface area contributed by atoms with E-state index in [0.29, 0.717) is 5.56 Å². The molecule has 2 aromatic rings. The Bertz CT molecular complexity index is 714. The van der Waals surface area contributed by atoms with E-state index in [-0.39, 0.29) is 23.5 Å². The van der Waals surface area contributed by atoms with Crippen LogP contribution in [0.1, 0.15) is 34.5 Å². The summed E-state index contributed by atoms with van der Waals surface area (Å²) in [6.45, 7) is 1.53. The lowest BCUT2D eigenvalue weighted by Crippen LogP contribution is -2.18. The number of ketones is 1. The van der Waals surface area contributed by atoms with Gasteiger partial charge in [-0.05, 0) is 24.1 Å². The minimum absolute atomic E-state index is 0.0908. The fourth-order valence-corrected chi connectivity index (χ4v) is 1.83. The van der Waals surface area contributed by atoms with E-state index in [1.807, 2.05) is 0 Å². The van der Waals surface area contributed by atoms with E-state index < -0.39 is 12.0 Å². The van der Waals surface area contributed by atoms with Crippen molar-refractivity contribution in [3.05, 3.63) is 69.6 Å². The Kier molecular flexibility index (Phi) is 4.85. The van der Waals surface area contributed by atoms with Gasteiger partial charge in [0, 0.05) is 12.3 Å². The molecular formula is C16H16N2O4. The summed E-state index contributed by atoms with van der Waals surface area (Å²) >= 11 is 0. The molecule has 114 valence electrons. The van der Waals surface area contributed by atoms with E-state index in [2.05, 4.69) is 4.98 Å². The van der Waals surface area contributed by atoms with Gasteiger partial charge in [-0.1, -0.05) is 24.3 Å². The molecule has 0 aliphatic carbocycles. The number of nitrogens with one attached hydrogen (secondary N) is 1. The van der Waals surface area contributed by atoms with Crippen LogP contribution in [0.5, 0.6) is 0 Å². The van der Waals surface area contributed by atoms with E-state index >= 15 is 0 Å². The van der Waals surface area contributed by atoms with Crippen molar-refractivity contribution in [1.82, 2.24) is 4.98 Å². The number of ether oxygens (including phenoxy) is 1. The number of aromatic amines is 1. The Morgan fingerprint density at radius 2 is 1.86 bits per heavy atom. The van der Waals surface area contributed by atoms with Crippen LogP contribution in [-0.2, 0) is 16.1 Å². The average molecular weight is 300 g/mol. The van der Waals surface area contributed by atoms with Gasteiger partial charge in [-0.3, -0.25) is 9.59 Å². The minimum atomic E-state index is -0.641. The molecule has 0 fully saturated rings. The zero-order valence-corrected chi connectivity index (χ0v) is 12.0. The zero-order chi connectivity index (χ0) is 16.1. The van der Waals surface area contributed by atoms with Crippen LogP contribution in [0.4, 0.5) is 0 Å². The van der Waals surface area contributed by atoms with Gasteiger partial charge in [0.2, 0.25) is 5.56 Å². The summed E-state index contributed by atoms with van der Waals surface area (Å²) in [4.78, 5) is 36.3. The number of hydrogen-bond donors (Lipinski definition) is 2. The molecule has 3 N–H and O–H groups in total. The molecule has 0 saturated heterocycles. The van der Waals surface area contributed by atoms with Gasteiger partial charge < -0.3 is 15.5 Å². The fourth-order valence-electron chi connectivity index (χ4n) is 1.83. The molecule has 6 nitrogen and oxygen atoms in total. The quantitative estimate of drug-likeness (QED) is 0.811. The Morgan fingerprint density at radius 3 is 2.41 bits per heavy atom. The lowest BCUT2D eigenvalue weighted by atomic mass is 10.0. The molecule has 0 bridgehead atoms. The molecule has 0 aliphatic rings. The van der Waals surface area contributed by atoms with Crippen molar-refractivity contribution in [2.24, 2.45) is 5.73 Å². The molecule has 0 spiro atoms. The number of carbonyl (C=O) groups is 2. The molecule has 6 heteroatoms. The summed E-state index contributed by atoms with van der Waals surface area (Å²) in [6, 6.07) is 8.98. The maximum Gasteiger partial charge on any atom is 0.339 e. The second kappa shape index (κ2) is 6.82. The Labute approximate surface area is 126 Å². The van der Waals surface area contributed by atoms with Crippen molar-refractivity contribution in [3.8, 4) is 0 Å². The monoisotopic (exact) mass is 300 g/mol. The highest BCUT2D eigenvalue weighted by molar-refractivity contribution is 5.88. The standard InChI is InChI=1S/C16H16N2O4/c1-10(19)15(17)12-4-2-11(3-5-12)9-22-16(21)13-6-7-14(20)18-8-13/h2-8,15H,9,17H2,1H3,(H,18,20). The van der Waals surface area contributed by atoms with Gasteiger partial charge in [-0.2, -0.15) is 0 Å². The second-order valence-corrected chi connectivity index (χ2v) is 4.85. The average Bonchev–Trinajstić information content (AvgIpc) is 2.53. The topological polar surface area (TPSA) is 102 Å². The number of carbonyl (C=O) groups excluding carboxylic acids is 2. The Balaban J connectivity index is 1.97. The Morgan fingerprint density at radius 1 is 1.18 bits per heavy atom. The van der Waals surface area contributed by atoms with Crippen LogP contribution in [0.15, 0.2) is 47.4 Å². The van der Waals surface area contributed by atoms with Crippen molar-refractivity contribution in [3.63, 3.8) is 0 Å². The summed E-state index contributed by atoms with van der Waals surface area (Å²) in [7, 11) is 0. The number of esters is 1. The molecule has 1 atom stereocenters. The van der Waals surface area contributed by atoms with Crippen LogP contribution in [0.25, 0.3) is 0 Å². The number of pyridine rings is 1. The number of benzene rings is 1. The molecule has 1 aromatic carbocycles. The van der Waals surface area contributed by atoms with E-state index in [1.165, 1.54) is 25.3 Å². The highest BCUT2D eigenvalue weighted by Crippen LogP contribution is 2.13. The van der Waals surface area contributed by atoms with Crippen LogP contribution in [0.2, 0.25) is 0 Å². The Hall–Kier alpha value is -2.73. The molecule has 2 rings (SSSR count). The number of Topliss-reactive ketones (excluding diaryl/α,β-unsaturated/α-hetero) is 1. The predicted molar refractivity (Wildman–Crippen MR) is 80.2 cm³/mol. The fraction of sp³-hybridized carbons (Fsp3) is 0.188. The first-order valence-corrected chi connectivity index (χ1v) is 6.68. The zero-order valence-electron chi connectivity index (χ0n) is 12.0. The van der Waals surface area contributed by atoms with Gasteiger partial charge in [0.05, 0.1) is 11.6 Å². The molecule has 0 aliphatic heterocycles. The number of hydrogen-bond acceptors (Lipinski definition) is 5. The SMILES string of the molecule is CC(=O)C(N)c1ccc(COC(=O)c2ccc(=O)[nH]c2)cc1. The van der Waals surface area contributed by atoms with Gasteiger partial charge >= 0.3 is 5.97 Å². The second-order valence-electron chi connectivity index (χ2n) is 4.85. The van der Waals surface area contributed by atoms with Crippen molar-refractivity contribution < 1.29 is 14.3 Å². The molecule has 0 radical (unpaired) electrons. The molecule has 0 amide bonds. The van der Waals surface area contributed by atoms with Crippen LogP contribution in [0.3, 0.4) is 0 Å². The van der Waals surface area contributed by atoms with Crippen molar-refractivity contribution in [2.75, 3.05) is 0 Å². The maximum absolute atomic E-state index is 11.8. The van der Waals surface area contributed by atoms with Crippen LogP contribution in [0, 0.1) is 0 Å².